The van der Waals surface area contributed by atoms with Crippen molar-refractivity contribution in [3.63, 3.8) is 0 Å². The minimum Gasteiger partial charge on any atom is -0.337 e. The van der Waals surface area contributed by atoms with E-state index in [-0.39, 0.29) is 23.8 Å². The summed E-state index contributed by atoms with van der Waals surface area (Å²) in [6.07, 6.45) is 5.02. The van der Waals surface area contributed by atoms with Gasteiger partial charge in [0.15, 0.2) is 5.82 Å². The van der Waals surface area contributed by atoms with Crippen molar-refractivity contribution in [2.45, 2.75) is 77.8 Å². The van der Waals surface area contributed by atoms with E-state index >= 15 is 0 Å². The molecule has 0 saturated carbocycles. The van der Waals surface area contributed by atoms with Crippen molar-refractivity contribution in [1.82, 2.24) is 19.9 Å². The minimum atomic E-state index is -0.0376. The van der Waals surface area contributed by atoms with E-state index in [1.54, 1.807) is 0 Å². The Kier molecular flexibility index (Phi) is 5.77. The lowest BCUT2D eigenvalue weighted by Gasteiger charge is -2.39. The van der Waals surface area contributed by atoms with Gasteiger partial charge in [0.25, 0.3) is 0 Å². The molecule has 0 N–H and O–H groups in total. The molecule has 0 radical (unpaired) electrons. The molecule has 1 atom stereocenters. The molecule has 0 aromatic carbocycles. The molecule has 3 rings (SSSR count). The molecule has 0 spiro atoms. The van der Waals surface area contributed by atoms with Crippen LogP contribution in [0.25, 0.3) is 0 Å². The van der Waals surface area contributed by atoms with Gasteiger partial charge in [-0.2, -0.15) is 4.98 Å². The second-order valence-electron chi connectivity index (χ2n) is 8.09. The van der Waals surface area contributed by atoms with E-state index in [9.17, 15) is 4.79 Å². The number of carbonyl (C=O) groups is 1. The van der Waals surface area contributed by atoms with Gasteiger partial charge in [0.1, 0.15) is 6.04 Å². The Morgan fingerprint density at radius 1 is 1.08 bits per heavy atom. The number of rotatable bonds is 4. The highest BCUT2D eigenvalue weighted by molar-refractivity contribution is 5.79. The van der Waals surface area contributed by atoms with Crippen LogP contribution in [0, 0.1) is 5.92 Å². The SMILES string of the molecule is CC(C)c1noc(C2CCCCN2C(=O)C2CCN(C(C)C)CC2)n1. The second kappa shape index (κ2) is 7.85. The van der Waals surface area contributed by atoms with E-state index in [2.05, 4.69) is 42.7 Å². The molecule has 3 heterocycles. The van der Waals surface area contributed by atoms with Crippen LogP contribution >= 0.6 is 0 Å². The molecule has 2 saturated heterocycles. The predicted octanol–water partition coefficient (Wildman–Crippen LogP) is 3.37. The first kappa shape index (κ1) is 18.4. The van der Waals surface area contributed by atoms with E-state index < -0.39 is 0 Å². The van der Waals surface area contributed by atoms with Crippen molar-refractivity contribution >= 4 is 5.91 Å². The largest absolute Gasteiger partial charge is 0.337 e. The Hall–Kier alpha value is -1.43. The highest BCUT2D eigenvalue weighted by atomic mass is 16.5. The van der Waals surface area contributed by atoms with Gasteiger partial charge in [-0.25, -0.2) is 0 Å². The van der Waals surface area contributed by atoms with Crippen molar-refractivity contribution in [1.29, 1.82) is 0 Å². The Bertz CT molecular complexity index is 576. The van der Waals surface area contributed by atoms with Crippen LogP contribution in [0.1, 0.15) is 83.5 Å². The smallest absolute Gasteiger partial charge is 0.249 e. The van der Waals surface area contributed by atoms with E-state index in [1.807, 2.05) is 4.90 Å². The molecular formula is C19H32N4O2. The maximum atomic E-state index is 13.2. The number of hydrogen-bond donors (Lipinski definition) is 0. The van der Waals surface area contributed by atoms with Crippen LogP contribution in [0.2, 0.25) is 0 Å². The predicted molar refractivity (Wildman–Crippen MR) is 96.1 cm³/mol. The van der Waals surface area contributed by atoms with Gasteiger partial charge in [0.05, 0.1) is 0 Å². The molecule has 6 nitrogen and oxygen atoms in total. The summed E-state index contributed by atoms with van der Waals surface area (Å²) in [6, 6.07) is 0.524. The number of nitrogens with zero attached hydrogens (tertiary/aromatic N) is 4. The van der Waals surface area contributed by atoms with Gasteiger partial charge in [0.2, 0.25) is 11.8 Å². The van der Waals surface area contributed by atoms with Crippen molar-refractivity contribution in [3.05, 3.63) is 11.7 Å². The van der Waals surface area contributed by atoms with E-state index in [0.717, 1.165) is 57.6 Å². The Morgan fingerprint density at radius 2 is 1.80 bits per heavy atom. The zero-order chi connectivity index (χ0) is 18.0. The molecule has 1 unspecified atom stereocenters. The maximum Gasteiger partial charge on any atom is 0.249 e. The van der Waals surface area contributed by atoms with Crippen LogP contribution in [0.4, 0.5) is 0 Å². The average molecular weight is 348 g/mol. The monoisotopic (exact) mass is 348 g/mol. The molecule has 1 amide bonds. The molecule has 25 heavy (non-hydrogen) atoms. The van der Waals surface area contributed by atoms with Crippen molar-refractivity contribution in [3.8, 4) is 0 Å². The summed E-state index contributed by atoms with van der Waals surface area (Å²) in [6.45, 7) is 11.4. The highest BCUT2D eigenvalue weighted by Crippen LogP contribution is 2.33. The Balaban J connectivity index is 1.69. The summed E-state index contributed by atoms with van der Waals surface area (Å²) < 4.78 is 5.52. The molecule has 2 aliphatic rings. The highest BCUT2D eigenvalue weighted by Gasteiger charge is 2.36. The lowest BCUT2D eigenvalue weighted by Crippen LogP contribution is -2.46. The molecule has 2 aliphatic heterocycles. The summed E-state index contributed by atoms with van der Waals surface area (Å²) in [7, 11) is 0. The van der Waals surface area contributed by atoms with Gasteiger partial charge in [-0.15, -0.1) is 0 Å². The van der Waals surface area contributed by atoms with Crippen LogP contribution in [0.3, 0.4) is 0 Å². The number of carbonyl (C=O) groups excluding carboxylic acids is 1. The molecule has 140 valence electrons. The molecule has 0 aliphatic carbocycles. The first-order valence-corrected chi connectivity index (χ1v) is 9.85. The van der Waals surface area contributed by atoms with Gasteiger partial charge in [-0.1, -0.05) is 19.0 Å². The maximum absolute atomic E-state index is 13.2. The topological polar surface area (TPSA) is 62.5 Å². The first-order chi connectivity index (χ1) is 12.0. The summed E-state index contributed by atoms with van der Waals surface area (Å²) in [4.78, 5) is 22.2. The van der Waals surface area contributed by atoms with Crippen LogP contribution in [0.15, 0.2) is 4.52 Å². The number of amides is 1. The number of piperidine rings is 2. The summed E-state index contributed by atoms with van der Waals surface area (Å²) >= 11 is 0. The van der Waals surface area contributed by atoms with E-state index in [0.29, 0.717) is 11.9 Å². The van der Waals surface area contributed by atoms with Gasteiger partial charge in [-0.3, -0.25) is 4.79 Å². The lowest BCUT2D eigenvalue weighted by atomic mass is 9.92. The average Bonchev–Trinajstić information content (AvgIpc) is 3.11. The van der Waals surface area contributed by atoms with Crippen molar-refractivity contribution in [2.75, 3.05) is 19.6 Å². The van der Waals surface area contributed by atoms with Gasteiger partial charge in [-0.05, 0) is 59.0 Å². The molecular weight excluding hydrogens is 316 g/mol. The fourth-order valence-electron chi connectivity index (χ4n) is 3.97. The van der Waals surface area contributed by atoms with Crippen LogP contribution in [0.5, 0.6) is 0 Å². The summed E-state index contributed by atoms with van der Waals surface area (Å²) in [5.74, 6) is 2.03. The number of hydrogen-bond acceptors (Lipinski definition) is 5. The second-order valence-corrected chi connectivity index (χ2v) is 8.09. The first-order valence-electron chi connectivity index (χ1n) is 9.85. The zero-order valence-corrected chi connectivity index (χ0v) is 16.1. The molecule has 2 fully saturated rings. The zero-order valence-electron chi connectivity index (χ0n) is 16.1. The Morgan fingerprint density at radius 3 is 2.40 bits per heavy atom. The molecule has 6 heteroatoms. The van der Waals surface area contributed by atoms with Crippen LogP contribution < -0.4 is 0 Å². The normalized spacial score (nSPS) is 23.6. The fraction of sp³-hybridized carbons (Fsp3) is 0.842. The van der Waals surface area contributed by atoms with Crippen molar-refractivity contribution in [2.24, 2.45) is 5.92 Å². The number of likely N-dealkylation sites (tertiary alicyclic amines) is 2. The third-order valence-electron chi connectivity index (χ3n) is 5.65. The lowest BCUT2D eigenvalue weighted by molar-refractivity contribution is -0.142. The minimum absolute atomic E-state index is 0.0376. The third kappa shape index (κ3) is 4.05. The van der Waals surface area contributed by atoms with Gasteiger partial charge < -0.3 is 14.3 Å². The van der Waals surface area contributed by atoms with Crippen LogP contribution in [-0.4, -0.2) is 51.5 Å². The molecule has 1 aromatic heterocycles. The van der Waals surface area contributed by atoms with E-state index in [1.165, 1.54) is 0 Å². The summed E-state index contributed by atoms with van der Waals surface area (Å²) in [5.41, 5.74) is 0. The van der Waals surface area contributed by atoms with Gasteiger partial charge in [0, 0.05) is 24.4 Å². The number of aromatic nitrogens is 2. The summed E-state index contributed by atoms with van der Waals surface area (Å²) in [5, 5.41) is 4.10. The fourth-order valence-corrected chi connectivity index (χ4v) is 3.97. The van der Waals surface area contributed by atoms with Gasteiger partial charge >= 0.3 is 0 Å². The standard InChI is InChI=1S/C19H32N4O2/c1-13(2)17-20-18(25-21-17)16-7-5-6-10-23(16)19(24)15-8-11-22(12-9-15)14(3)4/h13-16H,5-12H2,1-4H3. The quantitative estimate of drug-likeness (QED) is 0.835. The van der Waals surface area contributed by atoms with Crippen LogP contribution in [-0.2, 0) is 4.79 Å². The Labute approximate surface area is 150 Å². The van der Waals surface area contributed by atoms with E-state index in [4.69, 9.17) is 4.52 Å². The third-order valence-corrected chi connectivity index (χ3v) is 5.65. The molecule has 1 aromatic rings. The molecule has 0 bridgehead atoms. The van der Waals surface area contributed by atoms with Crippen molar-refractivity contribution < 1.29 is 9.32 Å².